The Bertz CT molecular complexity index is 1050. The fourth-order valence-corrected chi connectivity index (χ4v) is 3.85. The Labute approximate surface area is 179 Å². The smallest absolute Gasteiger partial charge is 0.295 e. The second-order valence-corrected chi connectivity index (χ2v) is 7.18. The van der Waals surface area contributed by atoms with Crippen LogP contribution >= 0.6 is 0 Å². The van der Waals surface area contributed by atoms with Gasteiger partial charge in [0.2, 0.25) is 6.79 Å². The number of rotatable bonds is 7. The molecule has 162 valence electrons. The van der Waals surface area contributed by atoms with Crippen LogP contribution in [0.2, 0.25) is 0 Å². The van der Waals surface area contributed by atoms with Crippen LogP contribution in [0.5, 0.6) is 17.2 Å². The van der Waals surface area contributed by atoms with E-state index in [4.69, 9.17) is 18.9 Å². The molecule has 0 spiro atoms. The highest BCUT2D eigenvalue weighted by atomic mass is 16.7. The number of aliphatic hydroxyl groups excluding tert-OH is 1. The van der Waals surface area contributed by atoms with Crippen molar-refractivity contribution in [1.29, 1.82) is 0 Å². The summed E-state index contributed by atoms with van der Waals surface area (Å²) in [6.07, 6.45) is 0.550. The molecule has 8 nitrogen and oxygen atoms in total. The minimum atomic E-state index is -0.752. The summed E-state index contributed by atoms with van der Waals surface area (Å²) in [5.41, 5.74) is 1.06. The number of Topliss-reactive ketones (excluding diaryl/α,β-unsaturated/α-hetero) is 1. The van der Waals surface area contributed by atoms with Crippen molar-refractivity contribution < 1.29 is 33.6 Å². The third-order valence-electron chi connectivity index (χ3n) is 5.34. The highest BCUT2D eigenvalue weighted by Gasteiger charge is 2.46. The molecule has 2 aromatic rings. The molecule has 4 rings (SSSR count). The number of fused-ring (bicyclic) bond motifs is 1. The van der Waals surface area contributed by atoms with Crippen molar-refractivity contribution in [3.05, 3.63) is 59.2 Å². The van der Waals surface area contributed by atoms with Crippen LogP contribution < -0.4 is 14.2 Å². The van der Waals surface area contributed by atoms with E-state index in [9.17, 15) is 14.7 Å². The standard InChI is InChI=1S/C23H23NO7/c1-28-10-4-9-24-20(14-5-3-6-16(11-14)29-2)19(22(26)23(24)27)21(25)15-7-8-17-18(12-15)31-13-30-17/h3,5-8,11-12,20,25H,4,9-10,13H2,1-2H3/b21-19-. The van der Waals surface area contributed by atoms with E-state index < -0.39 is 17.7 Å². The van der Waals surface area contributed by atoms with Crippen molar-refractivity contribution in [2.24, 2.45) is 0 Å². The Hall–Kier alpha value is -3.52. The molecule has 0 bridgehead atoms. The van der Waals surface area contributed by atoms with Crippen LogP contribution in [0.25, 0.3) is 5.76 Å². The Morgan fingerprint density at radius 1 is 1.13 bits per heavy atom. The minimum Gasteiger partial charge on any atom is -0.507 e. The van der Waals surface area contributed by atoms with Gasteiger partial charge in [0.05, 0.1) is 18.7 Å². The highest BCUT2D eigenvalue weighted by molar-refractivity contribution is 6.46. The zero-order valence-corrected chi connectivity index (χ0v) is 17.3. The molecular weight excluding hydrogens is 402 g/mol. The molecule has 1 atom stereocenters. The van der Waals surface area contributed by atoms with Crippen molar-refractivity contribution in [1.82, 2.24) is 4.90 Å². The maximum Gasteiger partial charge on any atom is 0.295 e. The van der Waals surface area contributed by atoms with Crippen molar-refractivity contribution in [3.8, 4) is 17.2 Å². The molecule has 1 saturated heterocycles. The summed E-state index contributed by atoms with van der Waals surface area (Å²) in [5.74, 6) is -0.0504. The van der Waals surface area contributed by atoms with Crippen molar-refractivity contribution in [2.75, 3.05) is 34.2 Å². The number of hydrogen-bond acceptors (Lipinski definition) is 7. The van der Waals surface area contributed by atoms with Crippen LogP contribution in [0.3, 0.4) is 0 Å². The largest absolute Gasteiger partial charge is 0.507 e. The van der Waals surface area contributed by atoms with Gasteiger partial charge in [-0.2, -0.15) is 0 Å². The van der Waals surface area contributed by atoms with Gasteiger partial charge in [-0.25, -0.2) is 0 Å². The van der Waals surface area contributed by atoms with Gasteiger partial charge in [0.25, 0.3) is 11.7 Å². The van der Waals surface area contributed by atoms with E-state index in [1.54, 1.807) is 56.7 Å². The molecule has 1 unspecified atom stereocenters. The number of ketones is 1. The maximum absolute atomic E-state index is 13.0. The lowest BCUT2D eigenvalue weighted by Crippen LogP contribution is -2.31. The highest BCUT2D eigenvalue weighted by Crippen LogP contribution is 2.42. The lowest BCUT2D eigenvalue weighted by Gasteiger charge is -2.25. The summed E-state index contributed by atoms with van der Waals surface area (Å²) in [4.78, 5) is 27.4. The lowest BCUT2D eigenvalue weighted by molar-refractivity contribution is -0.140. The zero-order valence-electron chi connectivity index (χ0n) is 17.3. The fourth-order valence-electron chi connectivity index (χ4n) is 3.85. The summed E-state index contributed by atoms with van der Waals surface area (Å²) in [6.45, 7) is 0.835. The third-order valence-corrected chi connectivity index (χ3v) is 5.34. The number of amides is 1. The fraction of sp³-hybridized carbons (Fsp3) is 0.304. The van der Waals surface area contributed by atoms with Gasteiger partial charge < -0.3 is 29.0 Å². The second-order valence-electron chi connectivity index (χ2n) is 7.18. The molecule has 0 aliphatic carbocycles. The molecule has 1 N–H and O–H groups in total. The number of benzene rings is 2. The van der Waals surface area contributed by atoms with E-state index in [0.29, 0.717) is 47.9 Å². The SMILES string of the molecule is COCCCN1C(=O)C(=O)/C(=C(\O)c2ccc3c(c2)OCO3)C1c1cccc(OC)c1. The molecule has 2 aliphatic heterocycles. The topological polar surface area (TPSA) is 94.5 Å². The molecule has 0 saturated carbocycles. The van der Waals surface area contributed by atoms with Gasteiger partial charge >= 0.3 is 0 Å². The predicted molar refractivity (Wildman–Crippen MR) is 111 cm³/mol. The Morgan fingerprint density at radius 2 is 1.94 bits per heavy atom. The number of carbonyl (C=O) groups is 2. The normalized spacial score (nSPS) is 19.2. The first-order valence-corrected chi connectivity index (χ1v) is 9.86. The molecule has 2 heterocycles. The summed E-state index contributed by atoms with van der Waals surface area (Å²) in [5, 5.41) is 11.1. The number of hydrogen-bond donors (Lipinski definition) is 1. The molecule has 0 radical (unpaired) electrons. The Balaban J connectivity index is 1.82. The monoisotopic (exact) mass is 425 g/mol. The van der Waals surface area contributed by atoms with Crippen LogP contribution in [-0.4, -0.2) is 55.9 Å². The van der Waals surface area contributed by atoms with Gasteiger partial charge in [-0.3, -0.25) is 9.59 Å². The van der Waals surface area contributed by atoms with Gasteiger partial charge in [-0.15, -0.1) is 0 Å². The first-order chi connectivity index (χ1) is 15.0. The second kappa shape index (κ2) is 8.69. The summed E-state index contributed by atoms with van der Waals surface area (Å²) in [7, 11) is 3.12. The Morgan fingerprint density at radius 3 is 2.71 bits per heavy atom. The van der Waals surface area contributed by atoms with Crippen LogP contribution in [0.1, 0.15) is 23.6 Å². The summed E-state index contributed by atoms with van der Waals surface area (Å²) in [6, 6.07) is 11.2. The van der Waals surface area contributed by atoms with Crippen LogP contribution in [0.4, 0.5) is 0 Å². The van der Waals surface area contributed by atoms with Gasteiger partial charge in [0, 0.05) is 25.8 Å². The number of carbonyl (C=O) groups excluding carboxylic acids is 2. The number of nitrogens with zero attached hydrogens (tertiary/aromatic N) is 1. The van der Waals surface area contributed by atoms with Gasteiger partial charge in [0.1, 0.15) is 11.5 Å². The van der Waals surface area contributed by atoms with Crippen molar-refractivity contribution in [2.45, 2.75) is 12.5 Å². The van der Waals surface area contributed by atoms with E-state index in [-0.39, 0.29) is 18.1 Å². The van der Waals surface area contributed by atoms with Gasteiger partial charge in [0.15, 0.2) is 11.5 Å². The van der Waals surface area contributed by atoms with Gasteiger partial charge in [-0.1, -0.05) is 12.1 Å². The molecule has 1 amide bonds. The molecule has 8 heteroatoms. The average molecular weight is 425 g/mol. The number of methoxy groups -OCH3 is 2. The number of aliphatic hydroxyl groups is 1. The lowest BCUT2D eigenvalue weighted by atomic mass is 9.95. The first-order valence-electron chi connectivity index (χ1n) is 9.86. The van der Waals surface area contributed by atoms with E-state index >= 15 is 0 Å². The summed E-state index contributed by atoms with van der Waals surface area (Å²) >= 11 is 0. The molecule has 2 aromatic carbocycles. The van der Waals surface area contributed by atoms with Crippen LogP contribution in [0, 0.1) is 0 Å². The van der Waals surface area contributed by atoms with Crippen molar-refractivity contribution in [3.63, 3.8) is 0 Å². The van der Waals surface area contributed by atoms with Crippen LogP contribution in [-0.2, 0) is 14.3 Å². The van der Waals surface area contributed by atoms with E-state index in [2.05, 4.69) is 0 Å². The first kappa shape index (κ1) is 20.7. The van der Waals surface area contributed by atoms with E-state index in [0.717, 1.165) is 0 Å². The quantitative estimate of drug-likeness (QED) is 0.315. The van der Waals surface area contributed by atoms with Gasteiger partial charge in [-0.05, 0) is 42.3 Å². The molecule has 0 aromatic heterocycles. The molecule has 2 aliphatic rings. The zero-order chi connectivity index (χ0) is 22.0. The number of ether oxygens (including phenoxy) is 4. The molecule has 31 heavy (non-hydrogen) atoms. The van der Waals surface area contributed by atoms with Crippen molar-refractivity contribution >= 4 is 17.4 Å². The van der Waals surface area contributed by atoms with E-state index in [1.807, 2.05) is 0 Å². The average Bonchev–Trinajstić information content (AvgIpc) is 3.36. The Kier molecular flexibility index (Phi) is 5.81. The minimum absolute atomic E-state index is 0.0227. The maximum atomic E-state index is 13.0. The van der Waals surface area contributed by atoms with E-state index in [1.165, 1.54) is 4.90 Å². The van der Waals surface area contributed by atoms with Crippen LogP contribution in [0.15, 0.2) is 48.0 Å². The predicted octanol–water partition coefficient (Wildman–Crippen LogP) is 2.88. The number of likely N-dealkylation sites (tertiary alicyclic amines) is 1. The third kappa shape index (κ3) is 3.82. The molecule has 1 fully saturated rings. The molecular formula is C23H23NO7. The summed E-state index contributed by atoms with van der Waals surface area (Å²) < 4.78 is 21.1.